The third-order valence-corrected chi connectivity index (χ3v) is 9.36. The maximum Gasteiger partial charge on any atom is -0.0140 e. The third-order valence-electron chi connectivity index (χ3n) is 9.36. The van der Waals surface area contributed by atoms with Gasteiger partial charge in [-0.25, -0.2) is 0 Å². The highest BCUT2D eigenvalue weighted by Crippen LogP contribution is 2.44. The number of hydrogen-bond acceptors (Lipinski definition) is 0. The summed E-state index contributed by atoms with van der Waals surface area (Å²) in [5, 5.41) is 0. The Hall–Kier alpha value is -0.780. The van der Waals surface area contributed by atoms with Crippen LogP contribution in [0.1, 0.15) is 129 Å². The minimum absolute atomic E-state index is 0.776. The van der Waals surface area contributed by atoms with Crippen LogP contribution in [-0.2, 0) is 0 Å². The van der Waals surface area contributed by atoms with E-state index in [0.29, 0.717) is 0 Å². The van der Waals surface area contributed by atoms with Crippen molar-refractivity contribution >= 4 is 0 Å². The van der Waals surface area contributed by atoms with Gasteiger partial charge in [0.2, 0.25) is 0 Å². The van der Waals surface area contributed by atoms with Crippen LogP contribution >= 0.6 is 0 Å². The monoisotopic (exact) mass is 438 g/mol. The van der Waals surface area contributed by atoms with Crippen LogP contribution in [0.2, 0.25) is 0 Å². The van der Waals surface area contributed by atoms with E-state index < -0.39 is 0 Å². The minimum atomic E-state index is 0.776. The standard InChI is InChI=1S/C32H54/c1-4-6-7-13-29-22-24-30(25-23-29)26(3)32-17-11-10-16-31(32)15-9-8-14-28-20-18-27(12-5-2)19-21-28/h5,9,12,15,27-32H,3-4,6-8,10-11,13-14,16-25H2,1-2H3/b12-5+,15-9+. The lowest BCUT2D eigenvalue weighted by molar-refractivity contribution is 0.242. The van der Waals surface area contributed by atoms with Crippen molar-refractivity contribution in [2.75, 3.05) is 0 Å². The van der Waals surface area contributed by atoms with Gasteiger partial charge in [-0.15, -0.1) is 0 Å². The van der Waals surface area contributed by atoms with Gasteiger partial charge in [-0.2, -0.15) is 0 Å². The zero-order chi connectivity index (χ0) is 22.6. The molecule has 3 saturated carbocycles. The second-order valence-electron chi connectivity index (χ2n) is 11.7. The fraction of sp³-hybridized carbons (Fsp3) is 0.812. The Morgan fingerprint density at radius 1 is 0.781 bits per heavy atom. The smallest absolute Gasteiger partial charge is 0.0140 e. The largest absolute Gasteiger partial charge is 0.0993 e. The summed E-state index contributed by atoms with van der Waals surface area (Å²) >= 11 is 0. The quantitative estimate of drug-likeness (QED) is 0.222. The average Bonchev–Trinajstić information content (AvgIpc) is 2.83. The molecule has 32 heavy (non-hydrogen) atoms. The first-order chi connectivity index (χ1) is 15.7. The molecule has 0 aromatic carbocycles. The molecule has 0 saturated heterocycles. The molecule has 0 N–H and O–H groups in total. The Kier molecular flexibility index (Phi) is 11.7. The number of allylic oxidation sites excluding steroid dienone is 5. The Morgan fingerprint density at radius 2 is 1.47 bits per heavy atom. The first kappa shape index (κ1) is 25.8. The van der Waals surface area contributed by atoms with Crippen LogP contribution in [0.15, 0.2) is 36.5 Å². The van der Waals surface area contributed by atoms with Gasteiger partial charge in [0.25, 0.3) is 0 Å². The predicted octanol–water partition coefficient (Wildman–Crippen LogP) is 10.5. The first-order valence-electron chi connectivity index (χ1n) is 14.7. The normalized spacial score (nSPS) is 34.3. The van der Waals surface area contributed by atoms with E-state index in [1.165, 1.54) is 116 Å². The molecule has 0 spiro atoms. The van der Waals surface area contributed by atoms with Gasteiger partial charge in [0, 0.05) is 0 Å². The lowest BCUT2D eigenvalue weighted by atomic mass is 9.68. The van der Waals surface area contributed by atoms with Gasteiger partial charge >= 0.3 is 0 Å². The summed E-state index contributed by atoms with van der Waals surface area (Å²) < 4.78 is 0. The molecular weight excluding hydrogens is 384 g/mol. The van der Waals surface area contributed by atoms with Crippen molar-refractivity contribution in [1.29, 1.82) is 0 Å². The summed E-state index contributed by atoms with van der Waals surface area (Å²) in [6.45, 7) is 9.23. The van der Waals surface area contributed by atoms with E-state index in [2.05, 4.69) is 38.2 Å². The van der Waals surface area contributed by atoms with Crippen molar-refractivity contribution in [3.05, 3.63) is 36.5 Å². The van der Waals surface area contributed by atoms with E-state index in [-0.39, 0.29) is 0 Å². The summed E-state index contributed by atoms with van der Waals surface area (Å²) in [5.74, 6) is 5.24. The van der Waals surface area contributed by atoms with Gasteiger partial charge in [0.05, 0.1) is 0 Å². The number of unbranched alkanes of at least 4 members (excludes halogenated alkanes) is 2. The van der Waals surface area contributed by atoms with Crippen LogP contribution in [-0.4, -0.2) is 0 Å². The summed E-state index contributed by atoms with van der Waals surface area (Å²) in [4.78, 5) is 0. The molecule has 0 aromatic rings. The van der Waals surface area contributed by atoms with E-state index in [0.717, 1.165) is 35.5 Å². The van der Waals surface area contributed by atoms with Gasteiger partial charge < -0.3 is 0 Å². The molecule has 0 heterocycles. The molecule has 0 aromatic heterocycles. The maximum absolute atomic E-state index is 4.74. The molecule has 182 valence electrons. The minimum Gasteiger partial charge on any atom is -0.0993 e. The van der Waals surface area contributed by atoms with Crippen molar-refractivity contribution < 1.29 is 0 Å². The highest BCUT2D eigenvalue weighted by Gasteiger charge is 2.31. The summed E-state index contributed by atoms with van der Waals surface area (Å²) in [6, 6.07) is 0. The Balaban J connectivity index is 1.40. The molecule has 3 aliphatic carbocycles. The predicted molar refractivity (Wildman–Crippen MR) is 143 cm³/mol. The van der Waals surface area contributed by atoms with Crippen LogP contribution in [0.25, 0.3) is 0 Å². The molecule has 3 rings (SSSR count). The van der Waals surface area contributed by atoms with Crippen LogP contribution in [0.3, 0.4) is 0 Å². The van der Waals surface area contributed by atoms with Crippen molar-refractivity contribution in [2.24, 2.45) is 35.5 Å². The van der Waals surface area contributed by atoms with Crippen LogP contribution in [0.5, 0.6) is 0 Å². The molecule has 3 fully saturated rings. The van der Waals surface area contributed by atoms with Crippen molar-refractivity contribution in [3.63, 3.8) is 0 Å². The van der Waals surface area contributed by atoms with Crippen molar-refractivity contribution in [1.82, 2.24) is 0 Å². The van der Waals surface area contributed by atoms with Gasteiger partial charge in [-0.3, -0.25) is 0 Å². The van der Waals surface area contributed by atoms with E-state index in [9.17, 15) is 0 Å². The van der Waals surface area contributed by atoms with Crippen molar-refractivity contribution in [2.45, 2.75) is 129 Å². The molecule has 2 atom stereocenters. The molecular formula is C32H54. The summed E-state index contributed by atoms with van der Waals surface area (Å²) in [5.41, 5.74) is 1.65. The maximum atomic E-state index is 4.74. The highest BCUT2D eigenvalue weighted by molar-refractivity contribution is 5.13. The van der Waals surface area contributed by atoms with E-state index in [1.807, 2.05) is 0 Å². The zero-order valence-electron chi connectivity index (χ0n) is 21.7. The van der Waals surface area contributed by atoms with E-state index in [4.69, 9.17) is 6.58 Å². The Bertz CT molecular complexity index is 565. The van der Waals surface area contributed by atoms with Gasteiger partial charge in [0.1, 0.15) is 0 Å². The molecule has 0 heteroatoms. The van der Waals surface area contributed by atoms with Crippen LogP contribution < -0.4 is 0 Å². The molecule has 3 aliphatic rings. The topological polar surface area (TPSA) is 0 Å². The fourth-order valence-electron chi connectivity index (χ4n) is 7.20. The Labute approximate surface area is 201 Å². The number of rotatable bonds is 11. The Morgan fingerprint density at radius 3 is 2.19 bits per heavy atom. The molecule has 2 unspecified atom stereocenters. The van der Waals surface area contributed by atoms with Gasteiger partial charge in [-0.1, -0.05) is 81.9 Å². The summed E-state index contributed by atoms with van der Waals surface area (Å²) in [6.07, 6.45) is 35.5. The third kappa shape index (κ3) is 8.22. The fourth-order valence-corrected chi connectivity index (χ4v) is 7.20. The van der Waals surface area contributed by atoms with Crippen LogP contribution in [0, 0.1) is 35.5 Å². The van der Waals surface area contributed by atoms with E-state index >= 15 is 0 Å². The first-order valence-corrected chi connectivity index (χ1v) is 14.7. The molecule has 0 nitrogen and oxygen atoms in total. The van der Waals surface area contributed by atoms with Gasteiger partial charge in [0.15, 0.2) is 0 Å². The lowest BCUT2D eigenvalue weighted by Gasteiger charge is -2.37. The van der Waals surface area contributed by atoms with Crippen molar-refractivity contribution in [3.8, 4) is 0 Å². The average molecular weight is 439 g/mol. The molecule has 0 radical (unpaired) electrons. The van der Waals surface area contributed by atoms with Gasteiger partial charge in [-0.05, 0) is 119 Å². The molecule has 0 bridgehead atoms. The highest BCUT2D eigenvalue weighted by atomic mass is 14.4. The lowest BCUT2D eigenvalue weighted by Crippen LogP contribution is -2.26. The molecule has 0 amide bonds. The molecule has 0 aliphatic heterocycles. The van der Waals surface area contributed by atoms with E-state index in [1.54, 1.807) is 5.57 Å². The number of hydrogen-bond donors (Lipinski definition) is 0. The SMILES string of the molecule is C=C(C1CCC(CCCCC)CC1)C1CCCCC1/C=C/CCC1CCC(/C=C/C)CC1. The second kappa shape index (κ2) is 14.5. The second-order valence-corrected chi connectivity index (χ2v) is 11.7. The summed E-state index contributed by atoms with van der Waals surface area (Å²) in [7, 11) is 0. The van der Waals surface area contributed by atoms with Crippen LogP contribution in [0.4, 0.5) is 0 Å². The zero-order valence-corrected chi connectivity index (χ0v) is 21.7.